The van der Waals surface area contributed by atoms with Crippen molar-refractivity contribution >= 4 is 23.8 Å². The van der Waals surface area contributed by atoms with Gasteiger partial charge in [0.15, 0.2) is 0 Å². The van der Waals surface area contributed by atoms with E-state index < -0.39 is 12.0 Å². The number of carbonyl (C=O) groups is 2. The zero-order valence-electron chi connectivity index (χ0n) is 12.6. The molecule has 1 unspecified atom stereocenters. The van der Waals surface area contributed by atoms with E-state index in [1.807, 2.05) is 18.7 Å². The van der Waals surface area contributed by atoms with Crippen LogP contribution in [0.4, 0.5) is 4.79 Å². The van der Waals surface area contributed by atoms with Crippen LogP contribution in [0, 0.1) is 0 Å². The number of aliphatic carboxylic acids is 1. The molecule has 0 aliphatic rings. The summed E-state index contributed by atoms with van der Waals surface area (Å²) >= 11 is 1.85. The van der Waals surface area contributed by atoms with Gasteiger partial charge in [-0.25, -0.2) is 9.59 Å². The number of nitrogens with one attached hydrogen (secondary N) is 2. The molecule has 20 heavy (non-hydrogen) atoms. The first-order chi connectivity index (χ1) is 9.61. The topological polar surface area (TPSA) is 78.4 Å². The Balaban J connectivity index is 3.66. The van der Waals surface area contributed by atoms with Gasteiger partial charge in [-0.2, -0.15) is 11.8 Å². The molecule has 0 rings (SSSR count). The fourth-order valence-corrected chi connectivity index (χ4v) is 2.29. The normalized spacial score (nSPS) is 11.9. The molecule has 0 fully saturated rings. The lowest BCUT2D eigenvalue weighted by Gasteiger charge is -2.14. The Hall–Kier alpha value is -0.910. The van der Waals surface area contributed by atoms with Gasteiger partial charge in [-0.1, -0.05) is 32.6 Å². The maximum atomic E-state index is 11.6. The molecule has 0 aromatic heterocycles. The van der Waals surface area contributed by atoms with Gasteiger partial charge in [-0.05, 0) is 31.3 Å². The summed E-state index contributed by atoms with van der Waals surface area (Å²) in [4.78, 5) is 22.5. The van der Waals surface area contributed by atoms with Crippen LogP contribution in [-0.2, 0) is 4.79 Å². The molecule has 118 valence electrons. The largest absolute Gasteiger partial charge is 0.480 e. The molecule has 5 nitrogen and oxygen atoms in total. The van der Waals surface area contributed by atoms with Gasteiger partial charge in [-0.15, -0.1) is 0 Å². The van der Waals surface area contributed by atoms with Gasteiger partial charge < -0.3 is 15.7 Å². The monoisotopic (exact) mass is 304 g/mol. The van der Waals surface area contributed by atoms with Gasteiger partial charge in [0.2, 0.25) is 0 Å². The van der Waals surface area contributed by atoms with E-state index in [2.05, 4.69) is 16.9 Å². The Labute approximate surface area is 126 Å². The quantitative estimate of drug-likeness (QED) is 0.484. The number of carbonyl (C=O) groups excluding carboxylic acids is 1. The minimum Gasteiger partial charge on any atom is -0.480 e. The van der Waals surface area contributed by atoms with E-state index >= 15 is 0 Å². The average molecular weight is 304 g/mol. The van der Waals surface area contributed by atoms with Crippen LogP contribution in [0.3, 0.4) is 0 Å². The third-order valence-corrected chi connectivity index (χ3v) is 3.71. The van der Waals surface area contributed by atoms with Crippen molar-refractivity contribution < 1.29 is 14.7 Å². The summed E-state index contributed by atoms with van der Waals surface area (Å²) in [6, 6.07) is -1.16. The molecular weight excluding hydrogens is 276 g/mol. The second kappa shape index (κ2) is 13.1. The molecule has 2 amide bonds. The first-order valence-electron chi connectivity index (χ1n) is 7.38. The van der Waals surface area contributed by atoms with Crippen LogP contribution in [0.5, 0.6) is 0 Å². The van der Waals surface area contributed by atoms with Crippen LogP contribution >= 0.6 is 11.8 Å². The number of rotatable bonds is 12. The maximum Gasteiger partial charge on any atom is 0.326 e. The number of urea groups is 1. The van der Waals surface area contributed by atoms with Gasteiger partial charge in [0.25, 0.3) is 0 Å². The molecule has 0 bridgehead atoms. The van der Waals surface area contributed by atoms with Crippen LogP contribution < -0.4 is 10.6 Å². The molecule has 3 N–H and O–H groups in total. The predicted octanol–water partition coefficient (Wildman–Crippen LogP) is 2.85. The van der Waals surface area contributed by atoms with E-state index in [0.717, 1.165) is 25.7 Å². The molecule has 0 radical (unpaired) electrons. The third-order valence-electron chi connectivity index (χ3n) is 3.01. The molecule has 0 aliphatic heterocycles. The van der Waals surface area contributed by atoms with Crippen molar-refractivity contribution in [1.82, 2.24) is 10.6 Å². The van der Waals surface area contributed by atoms with E-state index in [1.165, 1.54) is 18.6 Å². The number of thioether (sulfide) groups is 1. The second-order valence-electron chi connectivity index (χ2n) is 4.84. The molecule has 6 heteroatoms. The molecule has 0 saturated heterocycles. The van der Waals surface area contributed by atoms with E-state index in [1.54, 1.807) is 0 Å². The molecule has 0 heterocycles. The van der Waals surface area contributed by atoms with Crippen LogP contribution in [0.25, 0.3) is 0 Å². The Kier molecular flexibility index (Phi) is 12.5. The number of hydrogen-bond donors (Lipinski definition) is 3. The van der Waals surface area contributed by atoms with Crippen LogP contribution in [0.1, 0.15) is 51.9 Å². The Morgan fingerprint density at radius 2 is 1.85 bits per heavy atom. The summed E-state index contributed by atoms with van der Waals surface area (Å²) < 4.78 is 0. The maximum absolute atomic E-state index is 11.6. The summed E-state index contributed by atoms with van der Waals surface area (Å²) in [5, 5.41) is 14.2. The van der Waals surface area contributed by atoms with Crippen molar-refractivity contribution in [2.75, 3.05) is 18.6 Å². The number of carboxylic acids is 1. The Morgan fingerprint density at radius 3 is 2.45 bits per heavy atom. The Morgan fingerprint density at radius 1 is 1.15 bits per heavy atom. The smallest absolute Gasteiger partial charge is 0.326 e. The molecular formula is C14H28N2O3S. The average Bonchev–Trinajstić information content (AvgIpc) is 2.42. The zero-order valence-corrected chi connectivity index (χ0v) is 13.4. The van der Waals surface area contributed by atoms with Gasteiger partial charge in [0, 0.05) is 6.54 Å². The summed E-state index contributed by atoms with van der Waals surface area (Å²) in [6.07, 6.45) is 8.73. The lowest BCUT2D eigenvalue weighted by atomic mass is 10.1. The number of amides is 2. The summed E-state index contributed by atoms with van der Waals surface area (Å²) in [7, 11) is 0. The second-order valence-corrected chi connectivity index (χ2v) is 5.83. The summed E-state index contributed by atoms with van der Waals surface area (Å²) in [5.41, 5.74) is 0. The number of carboxylic acid groups (broad SMARTS) is 1. The minimum absolute atomic E-state index is 0.377. The van der Waals surface area contributed by atoms with Crippen molar-refractivity contribution in [2.45, 2.75) is 57.9 Å². The molecule has 0 aromatic carbocycles. The van der Waals surface area contributed by atoms with E-state index in [0.29, 0.717) is 13.0 Å². The fraction of sp³-hybridized carbons (Fsp3) is 0.857. The fourth-order valence-electron chi connectivity index (χ4n) is 1.80. The highest BCUT2D eigenvalue weighted by molar-refractivity contribution is 7.98. The van der Waals surface area contributed by atoms with E-state index in [9.17, 15) is 9.59 Å². The number of hydrogen-bond acceptors (Lipinski definition) is 3. The van der Waals surface area contributed by atoms with Crippen molar-refractivity contribution in [3.05, 3.63) is 0 Å². The van der Waals surface area contributed by atoms with Crippen LogP contribution in [-0.4, -0.2) is 41.7 Å². The van der Waals surface area contributed by atoms with Crippen molar-refractivity contribution in [2.24, 2.45) is 0 Å². The zero-order chi connectivity index (χ0) is 15.2. The first-order valence-corrected chi connectivity index (χ1v) is 8.77. The van der Waals surface area contributed by atoms with Crippen LogP contribution in [0.15, 0.2) is 0 Å². The van der Waals surface area contributed by atoms with Gasteiger partial charge >= 0.3 is 12.0 Å². The third kappa shape index (κ3) is 11.0. The van der Waals surface area contributed by atoms with Gasteiger partial charge in [0.1, 0.15) is 6.04 Å². The van der Waals surface area contributed by atoms with Crippen LogP contribution in [0.2, 0.25) is 0 Å². The minimum atomic E-state index is -0.967. The molecule has 1 atom stereocenters. The summed E-state index contributed by atoms with van der Waals surface area (Å²) in [6.45, 7) is 2.60. The van der Waals surface area contributed by atoms with Crippen molar-refractivity contribution in [3.63, 3.8) is 0 Å². The lowest BCUT2D eigenvalue weighted by molar-refractivity contribution is -0.139. The lowest BCUT2D eigenvalue weighted by Crippen LogP contribution is -2.46. The van der Waals surface area contributed by atoms with Crippen molar-refractivity contribution in [3.8, 4) is 0 Å². The van der Waals surface area contributed by atoms with E-state index in [4.69, 9.17) is 5.11 Å². The van der Waals surface area contributed by atoms with Crippen molar-refractivity contribution in [1.29, 1.82) is 0 Å². The first kappa shape index (κ1) is 19.1. The molecule has 0 aliphatic carbocycles. The highest BCUT2D eigenvalue weighted by atomic mass is 32.2. The molecule has 0 saturated carbocycles. The number of unbranched alkanes of at least 4 members (excludes halogenated alkanes) is 4. The van der Waals surface area contributed by atoms with Gasteiger partial charge in [-0.3, -0.25) is 0 Å². The Bertz CT molecular complexity index is 275. The SMILES string of the molecule is CCCCC(NC(=O)NCCCCCCSC)C(=O)O. The van der Waals surface area contributed by atoms with Gasteiger partial charge in [0.05, 0.1) is 0 Å². The highest BCUT2D eigenvalue weighted by Crippen LogP contribution is 2.04. The van der Waals surface area contributed by atoms with E-state index in [-0.39, 0.29) is 6.03 Å². The standard InChI is InChI=1S/C14H28N2O3S/c1-3-4-9-12(13(17)18)16-14(19)15-10-7-5-6-8-11-20-2/h12H,3-11H2,1-2H3,(H,17,18)(H2,15,16,19). The predicted molar refractivity (Wildman–Crippen MR) is 84.3 cm³/mol. The molecule has 0 aromatic rings. The summed E-state index contributed by atoms with van der Waals surface area (Å²) in [5.74, 6) is 0.219. The molecule has 0 spiro atoms. The highest BCUT2D eigenvalue weighted by Gasteiger charge is 2.18.